The summed E-state index contributed by atoms with van der Waals surface area (Å²) in [5.74, 6) is 0.491. The Bertz CT molecular complexity index is 568. The molecule has 1 atom stereocenters. The van der Waals surface area contributed by atoms with Crippen molar-refractivity contribution >= 4 is 11.8 Å². The number of nitrogens with two attached hydrogens (primary N) is 1. The van der Waals surface area contributed by atoms with Gasteiger partial charge in [-0.1, -0.05) is 35.9 Å². The van der Waals surface area contributed by atoms with Crippen molar-refractivity contribution in [1.29, 1.82) is 0 Å². The third-order valence-corrected chi connectivity index (χ3v) is 4.25. The molecule has 0 amide bonds. The summed E-state index contributed by atoms with van der Waals surface area (Å²) < 4.78 is 13.5. The molecule has 2 rings (SSSR count). The normalized spacial score (nSPS) is 12.4. The molecule has 3 heteroatoms. The Morgan fingerprint density at radius 1 is 1.16 bits per heavy atom. The summed E-state index contributed by atoms with van der Waals surface area (Å²) >= 11 is 1.46. The molecule has 0 heterocycles. The molecule has 1 unspecified atom stereocenters. The molecule has 0 bridgehead atoms. The van der Waals surface area contributed by atoms with E-state index < -0.39 is 0 Å². The van der Waals surface area contributed by atoms with Crippen LogP contribution in [0.1, 0.15) is 22.7 Å². The van der Waals surface area contributed by atoms with Crippen molar-refractivity contribution in [3.8, 4) is 0 Å². The van der Waals surface area contributed by atoms with Gasteiger partial charge in [0.2, 0.25) is 0 Å². The Hall–Kier alpha value is -1.32. The van der Waals surface area contributed by atoms with Gasteiger partial charge < -0.3 is 5.73 Å². The summed E-state index contributed by atoms with van der Waals surface area (Å²) in [5.41, 5.74) is 9.76. The predicted molar refractivity (Wildman–Crippen MR) is 80.0 cm³/mol. The van der Waals surface area contributed by atoms with Crippen LogP contribution in [0.25, 0.3) is 0 Å². The average molecular weight is 275 g/mol. The van der Waals surface area contributed by atoms with Crippen LogP contribution < -0.4 is 5.73 Å². The lowest BCUT2D eigenvalue weighted by atomic mass is 10.0. The van der Waals surface area contributed by atoms with E-state index in [4.69, 9.17) is 5.73 Å². The third kappa shape index (κ3) is 3.58. The van der Waals surface area contributed by atoms with Gasteiger partial charge in [0.25, 0.3) is 0 Å². The number of benzene rings is 2. The average Bonchev–Trinajstić information content (AvgIpc) is 2.37. The van der Waals surface area contributed by atoms with Crippen LogP contribution in [-0.2, 0) is 0 Å². The fourth-order valence-electron chi connectivity index (χ4n) is 2.07. The van der Waals surface area contributed by atoms with Crippen LogP contribution in [0.2, 0.25) is 0 Å². The zero-order valence-electron chi connectivity index (χ0n) is 11.2. The highest BCUT2D eigenvalue weighted by Crippen LogP contribution is 2.27. The maximum absolute atomic E-state index is 13.5. The molecule has 2 aromatic rings. The van der Waals surface area contributed by atoms with Gasteiger partial charge in [0.05, 0.1) is 0 Å². The quantitative estimate of drug-likeness (QED) is 0.845. The van der Waals surface area contributed by atoms with Crippen molar-refractivity contribution in [1.82, 2.24) is 0 Å². The number of aryl methyl sites for hydroxylation is 2. The summed E-state index contributed by atoms with van der Waals surface area (Å²) in [7, 11) is 0. The third-order valence-electron chi connectivity index (χ3n) is 3.08. The molecule has 0 radical (unpaired) electrons. The molecule has 0 aliphatic rings. The lowest BCUT2D eigenvalue weighted by Gasteiger charge is -2.15. The van der Waals surface area contributed by atoms with Crippen LogP contribution in [-0.4, -0.2) is 5.75 Å². The molecule has 0 saturated heterocycles. The van der Waals surface area contributed by atoms with Gasteiger partial charge in [0.1, 0.15) is 5.82 Å². The van der Waals surface area contributed by atoms with E-state index in [9.17, 15) is 4.39 Å². The summed E-state index contributed by atoms with van der Waals surface area (Å²) in [6.45, 7) is 4.13. The minimum atomic E-state index is -0.180. The minimum Gasteiger partial charge on any atom is -0.323 e. The molecule has 19 heavy (non-hydrogen) atoms. The molecular formula is C16H18FNS. The van der Waals surface area contributed by atoms with Crippen LogP contribution in [0.15, 0.2) is 47.4 Å². The van der Waals surface area contributed by atoms with E-state index in [0.717, 1.165) is 5.56 Å². The first kappa shape index (κ1) is 14.1. The lowest BCUT2D eigenvalue weighted by molar-refractivity contribution is 0.602. The van der Waals surface area contributed by atoms with Gasteiger partial charge in [-0.3, -0.25) is 0 Å². The Labute approximate surface area is 118 Å². The number of thioether (sulfide) groups is 1. The van der Waals surface area contributed by atoms with Gasteiger partial charge in [0, 0.05) is 16.7 Å². The molecule has 0 aliphatic carbocycles. The number of hydrogen-bond donors (Lipinski definition) is 1. The molecule has 100 valence electrons. The first-order chi connectivity index (χ1) is 9.08. The van der Waals surface area contributed by atoms with Crippen molar-refractivity contribution in [2.24, 2.45) is 5.73 Å². The van der Waals surface area contributed by atoms with E-state index in [0.29, 0.717) is 10.6 Å². The fourth-order valence-corrected chi connectivity index (χ4v) is 2.99. The monoisotopic (exact) mass is 275 g/mol. The van der Waals surface area contributed by atoms with Crippen molar-refractivity contribution in [3.63, 3.8) is 0 Å². The standard InChI is InChI=1S/C16H18FNS/c1-11-7-8-13(12(2)9-11)15(18)10-19-16-6-4-3-5-14(16)17/h3-9,15H,10,18H2,1-2H3. The zero-order chi connectivity index (χ0) is 13.8. The maximum atomic E-state index is 13.5. The van der Waals surface area contributed by atoms with E-state index in [1.807, 2.05) is 6.07 Å². The van der Waals surface area contributed by atoms with Crippen molar-refractivity contribution in [2.75, 3.05) is 5.75 Å². The lowest BCUT2D eigenvalue weighted by Crippen LogP contribution is -2.14. The Kier molecular flexibility index (Phi) is 4.61. The molecule has 0 fully saturated rings. The van der Waals surface area contributed by atoms with Crippen molar-refractivity contribution in [3.05, 3.63) is 65.0 Å². The van der Waals surface area contributed by atoms with Crippen molar-refractivity contribution < 1.29 is 4.39 Å². The first-order valence-electron chi connectivity index (χ1n) is 6.28. The van der Waals surface area contributed by atoms with E-state index >= 15 is 0 Å². The number of rotatable bonds is 4. The van der Waals surface area contributed by atoms with Crippen LogP contribution >= 0.6 is 11.8 Å². The number of hydrogen-bond acceptors (Lipinski definition) is 2. The largest absolute Gasteiger partial charge is 0.323 e. The smallest absolute Gasteiger partial charge is 0.136 e. The van der Waals surface area contributed by atoms with E-state index in [1.54, 1.807) is 12.1 Å². The molecule has 2 aromatic carbocycles. The predicted octanol–water partition coefficient (Wildman–Crippen LogP) is 4.23. The Balaban J connectivity index is 2.05. The highest BCUT2D eigenvalue weighted by Gasteiger charge is 2.11. The second kappa shape index (κ2) is 6.22. The van der Waals surface area contributed by atoms with Crippen LogP contribution in [0.3, 0.4) is 0 Å². The highest BCUT2D eigenvalue weighted by molar-refractivity contribution is 7.99. The minimum absolute atomic E-state index is 0.0785. The van der Waals surface area contributed by atoms with E-state index in [1.165, 1.54) is 29.0 Å². The second-order valence-corrected chi connectivity index (χ2v) is 5.77. The van der Waals surface area contributed by atoms with Gasteiger partial charge in [-0.05, 0) is 37.1 Å². The van der Waals surface area contributed by atoms with E-state index in [-0.39, 0.29) is 11.9 Å². The summed E-state index contributed by atoms with van der Waals surface area (Å²) in [4.78, 5) is 0.655. The van der Waals surface area contributed by atoms with Gasteiger partial charge in [0.15, 0.2) is 0 Å². The number of halogens is 1. The molecule has 0 aliphatic heterocycles. The maximum Gasteiger partial charge on any atom is 0.136 e. The van der Waals surface area contributed by atoms with Gasteiger partial charge >= 0.3 is 0 Å². The summed E-state index contributed by atoms with van der Waals surface area (Å²) in [6, 6.07) is 13.0. The SMILES string of the molecule is Cc1ccc(C(N)CSc2ccccc2F)c(C)c1. The van der Waals surface area contributed by atoms with E-state index in [2.05, 4.69) is 32.0 Å². The first-order valence-corrected chi connectivity index (χ1v) is 7.26. The molecule has 1 nitrogen and oxygen atoms in total. The fraction of sp³-hybridized carbons (Fsp3) is 0.250. The van der Waals surface area contributed by atoms with Crippen molar-refractivity contribution in [2.45, 2.75) is 24.8 Å². The van der Waals surface area contributed by atoms with Crippen LogP contribution in [0.4, 0.5) is 4.39 Å². The topological polar surface area (TPSA) is 26.0 Å². The molecule has 2 N–H and O–H groups in total. The Morgan fingerprint density at radius 3 is 2.58 bits per heavy atom. The molecule has 0 aromatic heterocycles. The summed E-state index contributed by atoms with van der Waals surface area (Å²) in [5, 5.41) is 0. The van der Waals surface area contributed by atoms with Gasteiger partial charge in [-0.15, -0.1) is 11.8 Å². The van der Waals surface area contributed by atoms with Crippen LogP contribution in [0, 0.1) is 19.7 Å². The highest BCUT2D eigenvalue weighted by atomic mass is 32.2. The zero-order valence-corrected chi connectivity index (χ0v) is 12.0. The van der Waals surface area contributed by atoms with Gasteiger partial charge in [-0.2, -0.15) is 0 Å². The van der Waals surface area contributed by atoms with Crippen LogP contribution in [0.5, 0.6) is 0 Å². The van der Waals surface area contributed by atoms with Gasteiger partial charge in [-0.25, -0.2) is 4.39 Å². The Morgan fingerprint density at radius 2 is 1.89 bits per heavy atom. The second-order valence-electron chi connectivity index (χ2n) is 4.71. The molecule has 0 saturated carbocycles. The molecule has 0 spiro atoms. The molecular weight excluding hydrogens is 257 g/mol. The summed E-state index contributed by atoms with van der Waals surface area (Å²) in [6.07, 6.45) is 0.